The Hall–Kier alpha value is -1.63. The van der Waals surface area contributed by atoms with Crippen molar-refractivity contribution in [1.29, 1.82) is 0 Å². The molecule has 0 saturated carbocycles. The van der Waals surface area contributed by atoms with E-state index >= 15 is 0 Å². The van der Waals surface area contributed by atoms with Crippen LogP contribution in [0.25, 0.3) is 0 Å². The Bertz CT molecular complexity index is 558. The Labute approximate surface area is 128 Å². The summed E-state index contributed by atoms with van der Waals surface area (Å²) in [6, 6.07) is 1.87. The van der Waals surface area contributed by atoms with Crippen LogP contribution in [0.4, 0.5) is 0 Å². The number of rotatable bonds is 4. The first-order valence-electron chi connectivity index (χ1n) is 6.82. The second-order valence-corrected chi connectivity index (χ2v) is 6.39. The van der Waals surface area contributed by atoms with E-state index in [1.807, 2.05) is 19.9 Å². The quantitative estimate of drug-likeness (QED) is 0.672. The number of hydrogen-bond acceptors (Lipinski definition) is 5. The summed E-state index contributed by atoms with van der Waals surface area (Å²) >= 11 is 1.25. The largest absolute Gasteiger partial charge is 0.480 e. The van der Waals surface area contributed by atoms with Crippen LogP contribution in [0.15, 0.2) is 11.2 Å². The van der Waals surface area contributed by atoms with E-state index in [2.05, 4.69) is 9.97 Å². The number of hydrogen-bond donors (Lipinski definition) is 1. The van der Waals surface area contributed by atoms with E-state index in [4.69, 9.17) is 0 Å². The molecule has 0 spiro atoms. The zero-order valence-electron chi connectivity index (χ0n) is 12.4. The molecule has 2 heterocycles. The molecule has 1 aliphatic heterocycles. The first-order chi connectivity index (χ1) is 9.83. The average molecular weight is 309 g/mol. The Morgan fingerprint density at radius 2 is 2.00 bits per heavy atom. The Kier molecular flexibility index (Phi) is 4.51. The molecular weight excluding hydrogens is 290 g/mol. The van der Waals surface area contributed by atoms with Gasteiger partial charge in [0.1, 0.15) is 5.54 Å². The van der Waals surface area contributed by atoms with Gasteiger partial charge in [-0.15, -0.1) is 0 Å². The van der Waals surface area contributed by atoms with Crippen molar-refractivity contribution in [2.24, 2.45) is 0 Å². The summed E-state index contributed by atoms with van der Waals surface area (Å²) in [5, 5.41) is 9.88. The van der Waals surface area contributed by atoms with Crippen LogP contribution in [-0.2, 0) is 9.59 Å². The average Bonchev–Trinajstić information content (AvgIpc) is 2.78. The summed E-state index contributed by atoms with van der Waals surface area (Å²) in [5.74, 6) is -0.961. The van der Waals surface area contributed by atoms with Crippen molar-refractivity contribution in [3.8, 4) is 0 Å². The first kappa shape index (κ1) is 15.8. The molecule has 7 heteroatoms. The van der Waals surface area contributed by atoms with Crippen LogP contribution in [0.1, 0.15) is 31.2 Å². The minimum absolute atomic E-state index is 0.158. The molecular formula is C14H19N3O3S. The van der Waals surface area contributed by atoms with Gasteiger partial charge in [-0.3, -0.25) is 4.79 Å². The fraction of sp³-hybridized carbons (Fsp3) is 0.571. The lowest BCUT2D eigenvalue weighted by atomic mass is 9.99. The van der Waals surface area contributed by atoms with Gasteiger partial charge in [0.15, 0.2) is 5.16 Å². The van der Waals surface area contributed by atoms with E-state index in [0.29, 0.717) is 18.1 Å². The number of aromatic nitrogens is 2. The predicted molar refractivity (Wildman–Crippen MR) is 79.2 cm³/mol. The van der Waals surface area contributed by atoms with Crippen molar-refractivity contribution in [2.45, 2.75) is 44.3 Å². The number of amides is 1. The molecule has 1 atom stereocenters. The maximum atomic E-state index is 12.3. The molecule has 1 aromatic rings. The Balaban J connectivity index is 2.03. The molecule has 114 valence electrons. The molecule has 0 aromatic carbocycles. The lowest BCUT2D eigenvalue weighted by Crippen LogP contribution is -2.51. The Morgan fingerprint density at radius 3 is 2.57 bits per heavy atom. The van der Waals surface area contributed by atoms with Gasteiger partial charge in [-0.25, -0.2) is 14.8 Å². The highest BCUT2D eigenvalue weighted by atomic mass is 32.2. The molecule has 21 heavy (non-hydrogen) atoms. The van der Waals surface area contributed by atoms with Crippen LogP contribution < -0.4 is 0 Å². The molecule has 1 aliphatic rings. The molecule has 1 fully saturated rings. The highest BCUT2D eigenvalue weighted by molar-refractivity contribution is 7.99. The number of carboxylic acid groups (broad SMARTS) is 1. The molecule has 0 radical (unpaired) electrons. The standard InChI is InChI=1S/C14H19N3O3S/c1-9-7-10(2)16-13(15-9)21-8-11(18)17-6-4-5-14(17,3)12(19)20/h7H,4-6,8H2,1-3H3,(H,19,20). The lowest BCUT2D eigenvalue weighted by molar-refractivity contribution is -0.154. The molecule has 6 nitrogen and oxygen atoms in total. The van der Waals surface area contributed by atoms with Gasteiger partial charge in [0.05, 0.1) is 5.75 Å². The summed E-state index contributed by atoms with van der Waals surface area (Å²) in [6.45, 7) is 5.86. The first-order valence-corrected chi connectivity index (χ1v) is 7.80. The van der Waals surface area contributed by atoms with Crippen molar-refractivity contribution in [2.75, 3.05) is 12.3 Å². The SMILES string of the molecule is Cc1cc(C)nc(SCC(=O)N2CCCC2(C)C(=O)O)n1. The zero-order chi connectivity index (χ0) is 15.6. The smallest absolute Gasteiger partial charge is 0.329 e. The number of likely N-dealkylation sites (tertiary alicyclic amines) is 1. The summed E-state index contributed by atoms with van der Waals surface area (Å²) in [4.78, 5) is 33.7. The third-order valence-electron chi connectivity index (χ3n) is 3.69. The number of carboxylic acids is 1. The van der Waals surface area contributed by atoms with Gasteiger partial charge in [-0.05, 0) is 39.7 Å². The minimum atomic E-state index is -1.08. The number of carbonyl (C=O) groups excluding carboxylic acids is 1. The monoisotopic (exact) mass is 309 g/mol. The zero-order valence-corrected chi connectivity index (χ0v) is 13.2. The van der Waals surface area contributed by atoms with E-state index < -0.39 is 11.5 Å². The van der Waals surface area contributed by atoms with Crippen LogP contribution in [-0.4, -0.2) is 49.7 Å². The van der Waals surface area contributed by atoms with E-state index in [1.165, 1.54) is 16.7 Å². The molecule has 2 rings (SSSR count). The van der Waals surface area contributed by atoms with Crippen LogP contribution >= 0.6 is 11.8 Å². The molecule has 1 saturated heterocycles. The van der Waals surface area contributed by atoms with E-state index in [-0.39, 0.29) is 11.7 Å². The summed E-state index contributed by atoms with van der Waals surface area (Å²) in [6.07, 6.45) is 1.22. The summed E-state index contributed by atoms with van der Waals surface area (Å²) in [5.41, 5.74) is 0.629. The van der Waals surface area contributed by atoms with E-state index in [1.54, 1.807) is 6.92 Å². The van der Waals surface area contributed by atoms with Gasteiger partial charge < -0.3 is 10.0 Å². The van der Waals surface area contributed by atoms with Gasteiger partial charge in [-0.2, -0.15) is 0 Å². The van der Waals surface area contributed by atoms with Crippen LogP contribution in [0.5, 0.6) is 0 Å². The van der Waals surface area contributed by atoms with Crippen molar-refractivity contribution in [3.05, 3.63) is 17.5 Å². The summed E-state index contributed by atoms with van der Waals surface area (Å²) < 4.78 is 0. The number of thioether (sulfide) groups is 1. The maximum Gasteiger partial charge on any atom is 0.329 e. The van der Waals surface area contributed by atoms with Crippen molar-refractivity contribution >= 4 is 23.6 Å². The second-order valence-electron chi connectivity index (χ2n) is 5.45. The Morgan fingerprint density at radius 1 is 1.38 bits per heavy atom. The molecule has 1 unspecified atom stereocenters. The van der Waals surface area contributed by atoms with Crippen LogP contribution in [0.3, 0.4) is 0 Å². The number of aryl methyl sites for hydroxylation is 2. The normalized spacial score (nSPS) is 21.6. The van der Waals surface area contributed by atoms with Gasteiger partial charge in [-0.1, -0.05) is 11.8 Å². The van der Waals surface area contributed by atoms with E-state index in [9.17, 15) is 14.7 Å². The maximum absolute atomic E-state index is 12.3. The highest BCUT2D eigenvalue weighted by Gasteiger charge is 2.45. The number of carbonyl (C=O) groups is 2. The summed E-state index contributed by atoms with van der Waals surface area (Å²) in [7, 11) is 0. The molecule has 0 aliphatic carbocycles. The number of nitrogens with zero attached hydrogens (tertiary/aromatic N) is 3. The minimum Gasteiger partial charge on any atom is -0.480 e. The van der Waals surface area contributed by atoms with Gasteiger partial charge in [0, 0.05) is 17.9 Å². The number of aliphatic carboxylic acids is 1. The predicted octanol–water partition coefficient (Wildman–Crippen LogP) is 1.65. The topological polar surface area (TPSA) is 83.4 Å². The van der Waals surface area contributed by atoms with Crippen molar-refractivity contribution < 1.29 is 14.7 Å². The second kappa shape index (κ2) is 6.01. The molecule has 0 bridgehead atoms. The molecule has 1 amide bonds. The molecule has 1 N–H and O–H groups in total. The fourth-order valence-corrected chi connectivity index (χ4v) is 3.37. The lowest BCUT2D eigenvalue weighted by Gasteiger charge is -2.31. The van der Waals surface area contributed by atoms with Gasteiger partial charge in [0.25, 0.3) is 0 Å². The van der Waals surface area contributed by atoms with Crippen molar-refractivity contribution in [3.63, 3.8) is 0 Å². The van der Waals surface area contributed by atoms with Crippen LogP contribution in [0, 0.1) is 13.8 Å². The third-order valence-corrected chi connectivity index (χ3v) is 4.52. The van der Waals surface area contributed by atoms with E-state index in [0.717, 1.165) is 17.8 Å². The molecule has 1 aromatic heterocycles. The van der Waals surface area contributed by atoms with Gasteiger partial charge in [0.2, 0.25) is 5.91 Å². The fourth-order valence-electron chi connectivity index (χ4n) is 2.55. The third kappa shape index (κ3) is 3.34. The van der Waals surface area contributed by atoms with Gasteiger partial charge >= 0.3 is 5.97 Å². The van der Waals surface area contributed by atoms with Crippen molar-refractivity contribution in [1.82, 2.24) is 14.9 Å². The van der Waals surface area contributed by atoms with Crippen LogP contribution in [0.2, 0.25) is 0 Å². The highest BCUT2D eigenvalue weighted by Crippen LogP contribution is 2.30.